The van der Waals surface area contributed by atoms with Crippen molar-refractivity contribution >= 4 is 5.69 Å². The molecule has 0 aromatic heterocycles. The first-order valence-corrected chi connectivity index (χ1v) is 4.96. The Balaban J connectivity index is 2.21. The fraction of sp³-hybridized carbons (Fsp3) is 0.455. The highest BCUT2D eigenvalue weighted by atomic mass is 19.4. The van der Waals surface area contributed by atoms with Crippen molar-refractivity contribution in [1.29, 1.82) is 0 Å². The third kappa shape index (κ3) is 2.14. The Morgan fingerprint density at radius 1 is 1.44 bits per heavy atom. The molecule has 0 spiro atoms. The van der Waals surface area contributed by atoms with Crippen molar-refractivity contribution in [3.63, 3.8) is 0 Å². The van der Waals surface area contributed by atoms with Gasteiger partial charge in [0.15, 0.2) is 0 Å². The molecule has 1 aliphatic heterocycles. The molecule has 0 radical (unpaired) electrons. The van der Waals surface area contributed by atoms with Crippen LogP contribution in [-0.2, 0) is 17.3 Å². The predicted octanol–water partition coefficient (Wildman–Crippen LogP) is 2.69. The third-order valence-corrected chi connectivity index (χ3v) is 2.63. The summed E-state index contributed by atoms with van der Waals surface area (Å²) >= 11 is 0. The average Bonchev–Trinajstić information content (AvgIpc) is 2.57. The van der Waals surface area contributed by atoms with Crippen LogP contribution in [0, 0.1) is 0 Å². The maximum Gasteiger partial charge on any atom is 0.416 e. The van der Waals surface area contributed by atoms with E-state index in [1.54, 1.807) is 7.11 Å². The van der Waals surface area contributed by atoms with E-state index in [4.69, 9.17) is 4.74 Å². The molecular formula is C11H12F3NO. The van der Waals surface area contributed by atoms with Crippen LogP contribution in [-0.4, -0.2) is 19.8 Å². The Hall–Kier alpha value is -1.23. The lowest BCUT2D eigenvalue weighted by atomic mass is 10.1. The summed E-state index contributed by atoms with van der Waals surface area (Å²) in [6.45, 7) is 0.496. The molecule has 1 aliphatic rings. The molecule has 1 atom stereocenters. The Kier molecular flexibility index (Phi) is 2.80. The van der Waals surface area contributed by atoms with E-state index in [2.05, 4.69) is 5.32 Å². The maximum atomic E-state index is 12.5. The number of halogens is 3. The summed E-state index contributed by atoms with van der Waals surface area (Å²) in [6.07, 6.45) is -3.69. The molecule has 1 aromatic carbocycles. The minimum atomic E-state index is -4.27. The monoisotopic (exact) mass is 231 g/mol. The quantitative estimate of drug-likeness (QED) is 0.844. The average molecular weight is 231 g/mol. The molecule has 1 aromatic rings. The molecule has 88 valence electrons. The van der Waals surface area contributed by atoms with Crippen LogP contribution < -0.4 is 5.32 Å². The first-order chi connectivity index (χ1) is 7.50. The van der Waals surface area contributed by atoms with Gasteiger partial charge in [-0.3, -0.25) is 0 Å². The van der Waals surface area contributed by atoms with Crippen molar-refractivity contribution < 1.29 is 17.9 Å². The van der Waals surface area contributed by atoms with Gasteiger partial charge >= 0.3 is 6.18 Å². The highest BCUT2D eigenvalue weighted by Crippen LogP contribution is 2.34. The number of anilines is 1. The van der Waals surface area contributed by atoms with Gasteiger partial charge in [-0.1, -0.05) is 0 Å². The molecule has 0 amide bonds. The summed E-state index contributed by atoms with van der Waals surface area (Å²) < 4.78 is 42.3. The van der Waals surface area contributed by atoms with Crippen LogP contribution in [0.4, 0.5) is 18.9 Å². The standard InChI is InChI=1S/C11H12F3NO/c1-16-6-9-5-7-4-8(11(12,13)14)2-3-10(7)15-9/h2-4,9,15H,5-6H2,1H3/t9-/m0/s1. The van der Waals surface area contributed by atoms with E-state index in [0.29, 0.717) is 18.6 Å². The molecule has 0 saturated carbocycles. The normalized spacial score (nSPS) is 19.4. The van der Waals surface area contributed by atoms with E-state index < -0.39 is 11.7 Å². The number of nitrogens with one attached hydrogen (secondary N) is 1. The minimum absolute atomic E-state index is 0.0727. The number of methoxy groups -OCH3 is 1. The number of ether oxygens (including phenoxy) is 1. The lowest BCUT2D eigenvalue weighted by Crippen LogP contribution is -2.21. The second-order valence-corrected chi connectivity index (χ2v) is 3.87. The molecule has 0 fully saturated rings. The molecule has 5 heteroatoms. The summed E-state index contributed by atoms with van der Waals surface area (Å²) in [7, 11) is 1.58. The Labute approximate surface area is 91.4 Å². The second-order valence-electron chi connectivity index (χ2n) is 3.87. The van der Waals surface area contributed by atoms with Crippen LogP contribution in [0.15, 0.2) is 18.2 Å². The van der Waals surface area contributed by atoms with Gasteiger partial charge in [-0.05, 0) is 30.2 Å². The van der Waals surface area contributed by atoms with Gasteiger partial charge in [0.1, 0.15) is 0 Å². The fourth-order valence-corrected chi connectivity index (χ4v) is 1.92. The van der Waals surface area contributed by atoms with Crippen molar-refractivity contribution in [3.8, 4) is 0 Å². The summed E-state index contributed by atoms with van der Waals surface area (Å²) in [4.78, 5) is 0. The topological polar surface area (TPSA) is 21.3 Å². The Morgan fingerprint density at radius 2 is 2.19 bits per heavy atom. The molecule has 0 bridgehead atoms. The van der Waals surface area contributed by atoms with Crippen molar-refractivity contribution in [3.05, 3.63) is 29.3 Å². The van der Waals surface area contributed by atoms with Crippen LogP contribution >= 0.6 is 0 Å². The fourth-order valence-electron chi connectivity index (χ4n) is 1.92. The summed E-state index contributed by atoms with van der Waals surface area (Å²) in [6, 6.07) is 3.86. The number of fused-ring (bicyclic) bond motifs is 1. The van der Waals surface area contributed by atoms with E-state index in [1.165, 1.54) is 12.1 Å². The number of benzene rings is 1. The minimum Gasteiger partial charge on any atom is -0.383 e. The first-order valence-electron chi connectivity index (χ1n) is 4.96. The molecule has 1 N–H and O–H groups in total. The van der Waals surface area contributed by atoms with Gasteiger partial charge in [0.2, 0.25) is 0 Å². The van der Waals surface area contributed by atoms with E-state index in [9.17, 15) is 13.2 Å². The SMILES string of the molecule is COC[C@@H]1Cc2cc(C(F)(F)F)ccc2N1. The van der Waals surface area contributed by atoms with E-state index in [1.807, 2.05) is 0 Å². The molecule has 2 nitrogen and oxygen atoms in total. The van der Waals surface area contributed by atoms with E-state index >= 15 is 0 Å². The molecule has 2 rings (SSSR count). The van der Waals surface area contributed by atoms with Gasteiger partial charge in [0, 0.05) is 12.8 Å². The number of hydrogen-bond acceptors (Lipinski definition) is 2. The van der Waals surface area contributed by atoms with Gasteiger partial charge in [0.25, 0.3) is 0 Å². The van der Waals surface area contributed by atoms with Crippen molar-refractivity contribution in [2.45, 2.75) is 18.6 Å². The van der Waals surface area contributed by atoms with E-state index in [-0.39, 0.29) is 6.04 Å². The van der Waals surface area contributed by atoms with Gasteiger partial charge in [-0.2, -0.15) is 13.2 Å². The number of alkyl halides is 3. The van der Waals surface area contributed by atoms with Crippen molar-refractivity contribution in [1.82, 2.24) is 0 Å². The number of rotatable bonds is 2. The molecule has 16 heavy (non-hydrogen) atoms. The molecular weight excluding hydrogens is 219 g/mol. The number of hydrogen-bond donors (Lipinski definition) is 1. The van der Waals surface area contributed by atoms with Gasteiger partial charge < -0.3 is 10.1 Å². The zero-order chi connectivity index (χ0) is 11.8. The van der Waals surface area contributed by atoms with Crippen molar-refractivity contribution in [2.75, 3.05) is 19.0 Å². The van der Waals surface area contributed by atoms with E-state index in [0.717, 1.165) is 11.8 Å². The van der Waals surface area contributed by atoms with Crippen LogP contribution in [0.3, 0.4) is 0 Å². The van der Waals surface area contributed by atoms with Gasteiger partial charge in [0.05, 0.1) is 18.2 Å². The zero-order valence-electron chi connectivity index (χ0n) is 8.77. The summed E-state index contributed by atoms with van der Waals surface area (Å²) in [5.41, 5.74) is 0.887. The molecule has 0 saturated heterocycles. The van der Waals surface area contributed by atoms with Crippen LogP contribution in [0.5, 0.6) is 0 Å². The van der Waals surface area contributed by atoms with Gasteiger partial charge in [-0.25, -0.2) is 0 Å². The lowest BCUT2D eigenvalue weighted by Gasteiger charge is -2.08. The highest BCUT2D eigenvalue weighted by molar-refractivity contribution is 5.58. The smallest absolute Gasteiger partial charge is 0.383 e. The molecule has 1 heterocycles. The second kappa shape index (κ2) is 3.97. The molecule has 0 aliphatic carbocycles. The first kappa shape index (κ1) is 11.3. The molecule has 0 unspecified atom stereocenters. The van der Waals surface area contributed by atoms with Gasteiger partial charge in [-0.15, -0.1) is 0 Å². The largest absolute Gasteiger partial charge is 0.416 e. The Morgan fingerprint density at radius 3 is 2.81 bits per heavy atom. The summed E-state index contributed by atoms with van der Waals surface area (Å²) in [5, 5.41) is 3.12. The third-order valence-electron chi connectivity index (χ3n) is 2.63. The van der Waals surface area contributed by atoms with Crippen LogP contribution in [0.1, 0.15) is 11.1 Å². The Bertz CT molecular complexity index is 389. The highest BCUT2D eigenvalue weighted by Gasteiger charge is 2.32. The summed E-state index contributed by atoms with van der Waals surface area (Å²) in [5.74, 6) is 0. The lowest BCUT2D eigenvalue weighted by molar-refractivity contribution is -0.137. The van der Waals surface area contributed by atoms with Crippen molar-refractivity contribution in [2.24, 2.45) is 0 Å². The van der Waals surface area contributed by atoms with Crippen LogP contribution in [0.2, 0.25) is 0 Å². The van der Waals surface area contributed by atoms with Crippen LogP contribution in [0.25, 0.3) is 0 Å². The maximum absolute atomic E-state index is 12.5. The zero-order valence-corrected chi connectivity index (χ0v) is 8.77. The predicted molar refractivity (Wildman–Crippen MR) is 54.4 cm³/mol.